The number of methoxy groups -OCH3 is 1. The van der Waals surface area contributed by atoms with Crippen LogP contribution in [0.5, 0.6) is 11.5 Å². The number of benzene rings is 2. The van der Waals surface area contributed by atoms with Gasteiger partial charge in [0.15, 0.2) is 11.5 Å². The van der Waals surface area contributed by atoms with Crippen LogP contribution in [0.25, 0.3) is 0 Å². The van der Waals surface area contributed by atoms with Gasteiger partial charge in [0.2, 0.25) is 5.95 Å². The molecule has 33 heavy (non-hydrogen) atoms. The molecule has 1 aliphatic rings. The highest BCUT2D eigenvalue weighted by atomic mass is 79.9. The highest BCUT2D eigenvalue weighted by molar-refractivity contribution is 9.10. The number of halogens is 2. The molecule has 172 valence electrons. The maximum absolute atomic E-state index is 12.7. The number of allylic oxidation sites excluding steroid dienone is 1. The van der Waals surface area contributed by atoms with E-state index in [4.69, 9.17) is 25.8 Å². The number of esters is 1. The van der Waals surface area contributed by atoms with Crippen molar-refractivity contribution in [1.29, 1.82) is 0 Å². The predicted octanol–water partition coefficient (Wildman–Crippen LogP) is 4.53. The minimum Gasteiger partial charge on any atom is -0.490 e. The molecule has 0 radical (unpaired) electrons. The van der Waals surface area contributed by atoms with Gasteiger partial charge < -0.3 is 19.5 Å². The van der Waals surface area contributed by atoms with Crippen LogP contribution >= 0.6 is 27.5 Å². The van der Waals surface area contributed by atoms with E-state index in [1.165, 1.54) is 11.8 Å². The Labute approximate surface area is 203 Å². The molecule has 9 nitrogen and oxygen atoms in total. The fourth-order valence-electron chi connectivity index (χ4n) is 3.61. The van der Waals surface area contributed by atoms with Crippen molar-refractivity contribution in [2.45, 2.75) is 26.5 Å². The Morgan fingerprint density at radius 3 is 2.79 bits per heavy atom. The predicted molar refractivity (Wildman–Crippen MR) is 125 cm³/mol. The number of hydrogen-bond donors (Lipinski definition) is 1. The molecule has 11 heteroatoms. The molecule has 0 saturated heterocycles. The summed E-state index contributed by atoms with van der Waals surface area (Å²) in [5, 5.41) is 15.5. The molecule has 0 saturated carbocycles. The van der Waals surface area contributed by atoms with Gasteiger partial charge in [-0.1, -0.05) is 34.9 Å². The molecule has 4 rings (SSSR count). The van der Waals surface area contributed by atoms with Crippen molar-refractivity contribution in [3.63, 3.8) is 0 Å². The van der Waals surface area contributed by atoms with E-state index >= 15 is 0 Å². The number of aromatic nitrogens is 4. The van der Waals surface area contributed by atoms with Gasteiger partial charge in [0, 0.05) is 16.3 Å². The SMILES string of the molecule is CCOc1cc(C2C(C(=O)OC)=C(C)Nc3nnnn32)cc(Br)c1OCc1ccccc1Cl. The minimum atomic E-state index is -0.628. The Hall–Kier alpha value is -3.11. The second-order valence-corrected chi connectivity index (χ2v) is 8.41. The Kier molecular flexibility index (Phi) is 6.85. The third-order valence-electron chi connectivity index (χ3n) is 5.10. The first-order valence-electron chi connectivity index (χ1n) is 10.1. The topological polar surface area (TPSA) is 100 Å². The second-order valence-electron chi connectivity index (χ2n) is 7.15. The Morgan fingerprint density at radius 1 is 1.27 bits per heavy atom. The number of carbonyl (C=O) groups is 1. The lowest BCUT2D eigenvalue weighted by molar-refractivity contribution is -0.136. The van der Waals surface area contributed by atoms with Crippen molar-refractivity contribution < 1.29 is 19.0 Å². The van der Waals surface area contributed by atoms with Crippen LogP contribution in [-0.4, -0.2) is 39.9 Å². The maximum atomic E-state index is 12.7. The van der Waals surface area contributed by atoms with Gasteiger partial charge in [0.25, 0.3) is 0 Å². The number of nitrogens with zero attached hydrogens (tertiary/aromatic N) is 4. The van der Waals surface area contributed by atoms with Gasteiger partial charge in [-0.2, -0.15) is 4.68 Å². The zero-order chi connectivity index (χ0) is 23.5. The molecule has 2 heterocycles. The van der Waals surface area contributed by atoms with Crippen molar-refractivity contribution in [1.82, 2.24) is 20.2 Å². The molecule has 0 bridgehead atoms. The summed E-state index contributed by atoms with van der Waals surface area (Å²) < 4.78 is 19.2. The van der Waals surface area contributed by atoms with Gasteiger partial charge >= 0.3 is 5.97 Å². The van der Waals surface area contributed by atoms with Gasteiger partial charge in [-0.15, -0.1) is 0 Å². The Morgan fingerprint density at radius 2 is 2.06 bits per heavy atom. The first-order valence-corrected chi connectivity index (χ1v) is 11.3. The lowest BCUT2D eigenvalue weighted by Gasteiger charge is -2.28. The normalized spacial score (nSPS) is 15.0. The molecule has 0 amide bonds. The van der Waals surface area contributed by atoms with Crippen LogP contribution in [0, 0.1) is 0 Å². The fourth-order valence-corrected chi connectivity index (χ4v) is 4.37. The van der Waals surface area contributed by atoms with Gasteiger partial charge in [-0.25, -0.2) is 4.79 Å². The van der Waals surface area contributed by atoms with Crippen LogP contribution in [0.2, 0.25) is 5.02 Å². The average Bonchev–Trinajstić information content (AvgIpc) is 3.26. The van der Waals surface area contributed by atoms with Crippen molar-refractivity contribution in [3.8, 4) is 11.5 Å². The Balaban J connectivity index is 1.77. The molecular weight excluding hydrogens is 514 g/mol. The number of rotatable bonds is 7. The zero-order valence-electron chi connectivity index (χ0n) is 18.1. The Bertz CT molecular complexity index is 1230. The highest BCUT2D eigenvalue weighted by Gasteiger charge is 2.35. The van der Waals surface area contributed by atoms with E-state index in [9.17, 15) is 4.79 Å². The average molecular weight is 535 g/mol. The minimum absolute atomic E-state index is 0.259. The summed E-state index contributed by atoms with van der Waals surface area (Å²) in [4.78, 5) is 12.7. The number of anilines is 1. The van der Waals surface area contributed by atoms with Crippen molar-refractivity contribution in [3.05, 3.63) is 68.3 Å². The fraction of sp³-hybridized carbons (Fsp3) is 0.273. The molecule has 1 unspecified atom stereocenters. The number of hydrogen-bond acceptors (Lipinski definition) is 8. The third-order valence-corrected chi connectivity index (χ3v) is 6.05. The number of nitrogens with one attached hydrogen (secondary N) is 1. The first-order chi connectivity index (χ1) is 15.9. The van der Waals surface area contributed by atoms with Crippen LogP contribution in [0.3, 0.4) is 0 Å². The standard InChI is InChI=1S/C22H21BrClN5O4/c1-4-32-17-10-14(9-15(23)20(17)33-11-13-7-5-6-8-16(13)24)19-18(21(30)31-3)12(2)25-22-26-27-28-29(19)22/h5-10,19H,4,11H2,1-3H3,(H,25,26,28). The van der Waals surface area contributed by atoms with Crippen LogP contribution in [0.4, 0.5) is 5.95 Å². The van der Waals surface area contributed by atoms with Gasteiger partial charge in [-0.3, -0.25) is 0 Å². The van der Waals surface area contributed by atoms with E-state index in [0.29, 0.717) is 50.4 Å². The molecular formula is C22H21BrClN5O4. The van der Waals surface area contributed by atoms with Crippen LogP contribution in [0.15, 0.2) is 52.1 Å². The van der Waals surface area contributed by atoms with Crippen LogP contribution in [-0.2, 0) is 16.1 Å². The molecule has 0 fully saturated rings. The van der Waals surface area contributed by atoms with Crippen molar-refractivity contribution >= 4 is 39.4 Å². The van der Waals surface area contributed by atoms with E-state index in [2.05, 4.69) is 36.8 Å². The van der Waals surface area contributed by atoms with Crippen LogP contribution in [0.1, 0.15) is 31.0 Å². The summed E-state index contributed by atoms with van der Waals surface area (Å²) in [6.45, 7) is 4.33. The molecule has 3 aromatic rings. The largest absolute Gasteiger partial charge is 0.490 e. The molecule has 1 atom stereocenters. The van der Waals surface area contributed by atoms with Gasteiger partial charge in [0.1, 0.15) is 12.6 Å². The molecule has 0 aliphatic carbocycles. The summed E-state index contributed by atoms with van der Waals surface area (Å²) >= 11 is 9.87. The highest BCUT2D eigenvalue weighted by Crippen LogP contribution is 2.43. The second kappa shape index (κ2) is 9.80. The van der Waals surface area contributed by atoms with E-state index < -0.39 is 12.0 Å². The van der Waals surface area contributed by atoms with E-state index in [1.54, 1.807) is 6.92 Å². The number of ether oxygens (including phenoxy) is 3. The quantitative estimate of drug-likeness (QED) is 0.441. The zero-order valence-corrected chi connectivity index (χ0v) is 20.5. The molecule has 1 aliphatic heterocycles. The summed E-state index contributed by atoms with van der Waals surface area (Å²) in [5.74, 6) is 0.952. The summed E-state index contributed by atoms with van der Waals surface area (Å²) in [6.07, 6.45) is 0. The molecule has 1 aromatic heterocycles. The number of fused-ring (bicyclic) bond motifs is 1. The van der Waals surface area contributed by atoms with E-state index in [-0.39, 0.29) is 6.61 Å². The monoisotopic (exact) mass is 533 g/mol. The number of carbonyl (C=O) groups excluding carboxylic acids is 1. The summed E-state index contributed by atoms with van der Waals surface area (Å²) in [7, 11) is 1.34. The van der Waals surface area contributed by atoms with Gasteiger partial charge in [-0.05, 0) is 64.0 Å². The van der Waals surface area contributed by atoms with E-state index in [0.717, 1.165) is 5.56 Å². The summed E-state index contributed by atoms with van der Waals surface area (Å²) in [5.41, 5.74) is 2.55. The van der Waals surface area contributed by atoms with Crippen molar-refractivity contribution in [2.75, 3.05) is 19.0 Å². The van der Waals surface area contributed by atoms with Crippen molar-refractivity contribution in [2.24, 2.45) is 0 Å². The smallest absolute Gasteiger partial charge is 0.338 e. The summed E-state index contributed by atoms with van der Waals surface area (Å²) in [6, 6.07) is 10.5. The van der Waals surface area contributed by atoms with Gasteiger partial charge in [0.05, 0.1) is 23.8 Å². The van der Waals surface area contributed by atoms with Crippen LogP contribution < -0.4 is 14.8 Å². The lowest BCUT2D eigenvalue weighted by atomic mass is 9.95. The molecule has 1 N–H and O–H groups in total. The van der Waals surface area contributed by atoms with E-state index in [1.807, 2.05) is 43.3 Å². The molecule has 0 spiro atoms. The molecule has 2 aromatic carbocycles. The third kappa shape index (κ3) is 4.53. The number of tetrazole rings is 1. The first kappa shape index (κ1) is 23.1. The lowest BCUT2D eigenvalue weighted by Crippen LogP contribution is -2.29. The maximum Gasteiger partial charge on any atom is 0.338 e.